The number of alkyl halides is 1. The van der Waals surface area contributed by atoms with Gasteiger partial charge in [0.2, 0.25) is 0 Å². The molecule has 1 rings (SSSR count). The number of nitrogens with two attached hydrogens (primary N) is 1. The van der Waals surface area contributed by atoms with E-state index in [2.05, 4.69) is 9.97 Å². The lowest BCUT2D eigenvalue weighted by molar-refractivity contribution is 0.467. The number of imidazole rings is 1. The lowest BCUT2D eigenvalue weighted by atomic mass is 10.3. The van der Waals surface area contributed by atoms with Crippen molar-refractivity contribution in [2.45, 2.75) is 19.6 Å². The zero-order valence-corrected chi connectivity index (χ0v) is 5.76. The highest BCUT2D eigenvalue weighted by atomic mass is 19.1. The summed E-state index contributed by atoms with van der Waals surface area (Å²) in [5.74, 6) is 0.340. The number of rotatable bonds is 2. The SMILES string of the molecule is CC(N)c1cnc(CF)[nH]1. The number of nitrogens with one attached hydrogen (secondary N) is 1. The molecule has 4 heteroatoms. The third-order valence-electron chi connectivity index (χ3n) is 1.27. The number of hydrogen-bond donors (Lipinski definition) is 2. The van der Waals surface area contributed by atoms with Crippen molar-refractivity contribution in [1.29, 1.82) is 0 Å². The summed E-state index contributed by atoms with van der Waals surface area (Å²) in [6, 6.07) is -0.104. The minimum atomic E-state index is -0.563. The average molecular weight is 143 g/mol. The van der Waals surface area contributed by atoms with Crippen LogP contribution in [0.25, 0.3) is 0 Å². The third kappa shape index (κ3) is 1.33. The van der Waals surface area contributed by atoms with E-state index in [1.165, 1.54) is 0 Å². The Kier molecular flexibility index (Phi) is 2.01. The van der Waals surface area contributed by atoms with Gasteiger partial charge in [-0.25, -0.2) is 9.37 Å². The molecule has 0 aromatic carbocycles. The summed E-state index contributed by atoms with van der Waals surface area (Å²) in [5.41, 5.74) is 6.26. The van der Waals surface area contributed by atoms with E-state index in [0.717, 1.165) is 5.69 Å². The van der Waals surface area contributed by atoms with E-state index >= 15 is 0 Å². The van der Waals surface area contributed by atoms with E-state index in [0.29, 0.717) is 5.82 Å². The fraction of sp³-hybridized carbons (Fsp3) is 0.500. The number of aromatic amines is 1. The van der Waals surface area contributed by atoms with Crippen LogP contribution in [0.1, 0.15) is 24.5 Å². The Morgan fingerprint density at radius 2 is 2.60 bits per heavy atom. The van der Waals surface area contributed by atoms with Gasteiger partial charge >= 0.3 is 0 Å². The molecule has 3 N–H and O–H groups in total. The fourth-order valence-electron chi connectivity index (χ4n) is 0.678. The molecule has 56 valence electrons. The van der Waals surface area contributed by atoms with Crippen LogP contribution in [0.15, 0.2) is 6.20 Å². The van der Waals surface area contributed by atoms with Crippen molar-refractivity contribution in [1.82, 2.24) is 9.97 Å². The molecule has 0 aliphatic heterocycles. The number of aromatic nitrogens is 2. The van der Waals surface area contributed by atoms with Crippen molar-refractivity contribution in [3.8, 4) is 0 Å². The first-order chi connectivity index (χ1) is 4.74. The Bertz CT molecular complexity index is 207. The minimum absolute atomic E-state index is 0.104. The second-order valence-corrected chi connectivity index (χ2v) is 2.21. The normalized spacial score (nSPS) is 13.5. The predicted molar refractivity (Wildman–Crippen MR) is 36.0 cm³/mol. The summed E-state index contributed by atoms with van der Waals surface area (Å²) in [5, 5.41) is 0. The van der Waals surface area contributed by atoms with Gasteiger partial charge in [0, 0.05) is 12.2 Å². The zero-order valence-electron chi connectivity index (χ0n) is 5.76. The van der Waals surface area contributed by atoms with E-state index < -0.39 is 6.67 Å². The molecule has 0 saturated carbocycles. The summed E-state index contributed by atoms with van der Waals surface area (Å²) in [6.07, 6.45) is 1.56. The lowest BCUT2D eigenvalue weighted by Gasteiger charge is -1.97. The molecule has 1 atom stereocenters. The summed E-state index contributed by atoms with van der Waals surface area (Å²) >= 11 is 0. The summed E-state index contributed by atoms with van der Waals surface area (Å²) in [7, 11) is 0. The molecule has 1 aromatic rings. The van der Waals surface area contributed by atoms with Gasteiger partial charge in [-0.2, -0.15) is 0 Å². The van der Waals surface area contributed by atoms with Crippen molar-refractivity contribution < 1.29 is 4.39 Å². The number of hydrogen-bond acceptors (Lipinski definition) is 2. The third-order valence-corrected chi connectivity index (χ3v) is 1.27. The Balaban J connectivity index is 2.78. The maximum atomic E-state index is 11.9. The van der Waals surface area contributed by atoms with Gasteiger partial charge in [0.15, 0.2) is 0 Å². The van der Waals surface area contributed by atoms with Gasteiger partial charge in [0.05, 0.1) is 5.69 Å². The van der Waals surface area contributed by atoms with Gasteiger partial charge in [-0.3, -0.25) is 0 Å². The lowest BCUT2D eigenvalue weighted by Crippen LogP contribution is -2.04. The largest absolute Gasteiger partial charge is 0.342 e. The van der Waals surface area contributed by atoms with Gasteiger partial charge in [0.25, 0.3) is 0 Å². The molecule has 1 unspecified atom stereocenters. The molecule has 0 radical (unpaired) electrons. The quantitative estimate of drug-likeness (QED) is 0.646. The van der Waals surface area contributed by atoms with Crippen LogP contribution in [-0.2, 0) is 6.67 Å². The molecule has 0 bridgehead atoms. The second-order valence-electron chi connectivity index (χ2n) is 2.21. The van der Waals surface area contributed by atoms with Crippen LogP contribution in [-0.4, -0.2) is 9.97 Å². The molecule has 0 saturated heterocycles. The van der Waals surface area contributed by atoms with Crippen LogP contribution >= 0.6 is 0 Å². The molecule has 0 fully saturated rings. The summed E-state index contributed by atoms with van der Waals surface area (Å²) < 4.78 is 11.9. The highest BCUT2D eigenvalue weighted by Gasteiger charge is 2.02. The van der Waals surface area contributed by atoms with Crippen molar-refractivity contribution >= 4 is 0 Å². The Morgan fingerprint density at radius 3 is 2.90 bits per heavy atom. The van der Waals surface area contributed by atoms with Crippen LogP contribution in [0.5, 0.6) is 0 Å². The Labute approximate surface area is 58.5 Å². The first kappa shape index (κ1) is 7.21. The number of nitrogens with zero attached hydrogens (tertiary/aromatic N) is 1. The summed E-state index contributed by atoms with van der Waals surface area (Å²) in [4.78, 5) is 6.50. The number of halogens is 1. The van der Waals surface area contributed by atoms with Gasteiger partial charge in [-0.15, -0.1) is 0 Å². The van der Waals surface area contributed by atoms with Gasteiger partial charge in [-0.1, -0.05) is 0 Å². The molecule has 3 nitrogen and oxygen atoms in total. The second kappa shape index (κ2) is 2.79. The molecular weight excluding hydrogens is 133 g/mol. The van der Waals surface area contributed by atoms with E-state index in [4.69, 9.17) is 5.73 Å². The van der Waals surface area contributed by atoms with E-state index in [1.54, 1.807) is 6.20 Å². The summed E-state index contributed by atoms with van der Waals surface area (Å²) in [6.45, 7) is 1.25. The average Bonchev–Trinajstić information content (AvgIpc) is 2.34. The first-order valence-electron chi connectivity index (χ1n) is 3.09. The predicted octanol–water partition coefficient (Wildman–Crippen LogP) is 0.899. The van der Waals surface area contributed by atoms with Crippen molar-refractivity contribution in [3.05, 3.63) is 17.7 Å². The van der Waals surface area contributed by atoms with Gasteiger partial charge in [0.1, 0.15) is 12.5 Å². The van der Waals surface area contributed by atoms with E-state index in [1.807, 2.05) is 6.92 Å². The van der Waals surface area contributed by atoms with Gasteiger partial charge in [-0.05, 0) is 6.92 Å². The van der Waals surface area contributed by atoms with Crippen LogP contribution in [0.4, 0.5) is 4.39 Å². The highest BCUT2D eigenvalue weighted by molar-refractivity contribution is 5.04. The maximum absolute atomic E-state index is 11.9. The van der Waals surface area contributed by atoms with Crippen LogP contribution in [0.2, 0.25) is 0 Å². The minimum Gasteiger partial charge on any atom is -0.342 e. The zero-order chi connectivity index (χ0) is 7.56. The Morgan fingerprint density at radius 1 is 1.90 bits per heavy atom. The molecule has 1 heterocycles. The Hall–Kier alpha value is -0.900. The monoisotopic (exact) mass is 143 g/mol. The van der Waals surface area contributed by atoms with Crippen LogP contribution in [0, 0.1) is 0 Å². The standard InChI is InChI=1S/C6H10FN3/c1-4(8)5-3-9-6(2-7)10-5/h3-4H,2,8H2,1H3,(H,9,10). The van der Waals surface area contributed by atoms with Crippen molar-refractivity contribution in [2.24, 2.45) is 5.73 Å². The van der Waals surface area contributed by atoms with E-state index in [9.17, 15) is 4.39 Å². The van der Waals surface area contributed by atoms with Crippen LogP contribution < -0.4 is 5.73 Å². The highest BCUT2D eigenvalue weighted by Crippen LogP contribution is 2.05. The molecule has 0 aliphatic carbocycles. The van der Waals surface area contributed by atoms with E-state index in [-0.39, 0.29) is 6.04 Å². The number of H-pyrrole nitrogens is 1. The molecule has 10 heavy (non-hydrogen) atoms. The molecule has 1 aromatic heterocycles. The molecule has 0 spiro atoms. The first-order valence-corrected chi connectivity index (χ1v) is 3.09. The van der Waals surface area contributed by atoms with Gasteiger partial charge < -0.3 is 10.7 Å². The van der Waals surface area contributed by atoms with Crippen molar-refractivity contribution in [2.75, 3.05) is 0 Å². The molecule has 0 aliphatic rings. The molecular formula is C6H10FN3. The fourth-order valence-corrected chi connectivity index (χ4v) is 0.678. The smallest absolute Gasteiger partial charge is 0.147 e. The molecule has 0 amide bonds. The van der Waals surface area contributed by atoms with Crippen molar-refractivity contribution in [3.63, 3.8) is 0 Å². The maximum Gasteiger partial charge on any atom is 0.147 e. The van der Waals surface area contributed by atoms with Crippen LogP contribution in [0.3, 0.4) is 0 Å². The topological polar surface area (TPSA) is 54.7 Å².